The predicted molar refractivity (Wildman–Crippen MR) is 184 cm³/mol. The van der Waals surface area contributed by atoms with Crippen molar-refractivity contribution >= 4 is 58.6 Å². The first kappa shape index (κ1) is 37.4. The second-order valence-electron chi connectivity index (χ2n) is 12.4. The van der Waals surface area contributed by atoms with E-state index in [2.05, 4.69) is 175 Å². The van der Waals surface area contributed by atoms with Gasteiger partial charge in [0.1, 0.15) is 0 Å². The van der Waals surface area contributed by atoms with Crippen LogP contribution in [0.5, 0.6) is 0 Å². The van der Waals surface area contributed by atoms with E-state index in [-0.39, 0.29) is 54.5 Å². The molecule has 0 bridgehead atoms. The van der Waals surface area contributed by atoms with E-state index in [0.717, 1.165) is 0 Å². The van der Waals surface area contributed by atoms with Crippen LogP contribution in [0.3, 0.4) is 0 Å². The van der Waals surface area contributed by atoms with Gasteiger partial charge in [-0.2, -0.15) is 12.1 Å². The van der Waals surface area contributed by atoms with E-state index in [1.807, 2.05) is 0 Å². The Labute approximate surface area is 288 Å². The van der Waals surface area contributed by atoms with Gasteiger partial charge in [0.05, 0.1) is 0 Å². The van der Waals surface area contributed by atoms with Gasteiger partial charge in [-0.25, -0.2) is 0 Å². The monoisotopic (exact) mass is 676 g/mol. The average Bonchev–Trinajstić information content (AvgIpc) is 3.52. The molecule has 6 aromatic carbocycles. The van der Waals surface area contributed by atoms with Crippen LogP contribution in [0.1, 0.15) is 41.5 Å². The van der Waals surface area contributed by atoms with Crippen molar-refractivity contribution in [1.29, 1.82) is 0 Å². The standard InChI is InChI=1S/C21H16P.C17H24P.2ClH.Ti/c1-3-11-19(12-4-1)22(20-13-5-2-6-14-20)21-15-17-9-7-8-10-18(17)16-21;1-16(2,3)18(17(4,5)6)15-11-13-9-7-8-10-14(13)12-15;;;/h1-16H;7-12H,1-6H3;2*1H;/q2*-1;;;+4/p-2. The summed E-state index contributed by atoms with van der Waals surface area (Å²) in [5.74, 6) is 0. The normalized spacial score (nSPS) is 11.3. The predicted octanol–water partition coefficient (Wildman–Crippen LogP) is 3.59. The van der Waals surface area contributed by atoms with Crippen LogP contribution in [0.2, 0.25) is 0 Å². The van der Waals surface area contributed by atoms with Crippen molar-refractivity contribution in [2.45, 2.75) is 51.9 Å². The quantitative estimate of drug-likeness (QED) is 0.152. The van der Waals surface area contributed by atoms with Gasteiger partial charge < -0.3 is 24.8 Å². The van der Waals surface area contributed by atoms with Crippen LogP contribution >= 0.6 is 15.8 Å². The zero-order valence-corrected chi connectivity index (χ0v) is 30.7. The number of hydrogen-bond donors (Lipinski definition) is 0. The zero-order valence-electron chi connectivity index (χ0n) is 25.9. The van der Waals surface area contributed by atoms with Crippen molar-refractivity contribution in [1.82, 2.24) is 0 Å². The van der Waals surface area contributed by atoms with Crippen LogP contribution in [0.25, 0.3) is 21.5 Å². The maximum Gasteiger partial charge on any atom is 4.00 e. The molecule has 0 unspecified atom stereocenters. The minimum absolute atomic E-state index is 0. The van der Waals surface area contributed by atoms with E-state index in [1.54, 1.807) is 5.30 Å². The van der Waals surface area contributed by atoms with Crippen LogP contribution in [0.4, 0.5) is 0 Å². The third-order valence-electron chi connectivity index (χ3n) is 7.09. The third-order valence-corrected chi connectivity index (χ3v) is 13.0. The molecule has 0 saturated heterocycles. The van der Waals surface area contributed by atoms with Crippen LogP contribution in [0, 0.1) is 0 Å². The molecule has 0 radical (unpaired) electrons. The molecule has 0 aliphatic heterocycles. The molecule has 0 nitrogen and oxygen atoms in total. The van der Waals surface area contributed by atoms with E-state index < -0.39 is 7.92 Å². The summed E-state index contributed by atoms with van der Waals surface area (Å²) in [4.78, 5) is 0. The summed E-state index contributed by atoms with van der Waals surface area (Å²) in [6.07, 6.45) is 0. The molecule has 0 saturated carbocycles. The molecule has 0 heterocycles. The maximum absolute atomic E-state index is 2.40. The Morgan fingerprint density at radius 3 is 1.21 bits per heavy atom. The fourth-order valence-electron chi connectivity index (χ4n) is 5.91. The number of rotatable bonds is 4. The Morgan fingerprint density at radius 2 is 0.814 bits per heavy atom. The average molecular weight is 677 g/mol. The van der Waals surface area contributed by atoms with Crippen LogP contribution in [0.15, 0.2) is 133 Å². The molecule has 0 aliphatic carbocycles. The largest absolute Gasteiger partial charge is 4.00 e. The molecule has 6 rings (SSSR count). The van der Waals surface area contributed by atoms with E-state index in [9.17, 15) is 0 Å². The van der Waals surface area contributed by atoms with Crippen molar-refractivity contribution in [3.05, 3.63) is 133 Å². The summed E-state index contributed by atoms with van der Waals surface area (Å²) in [6.45, 7) is 14.3. The van der Waals surface area contributed by atoms with Crippen LogP contribution < -0.4 is 46.0 Å². The van der Waals surface area contributed by atoms with Crippen molar-refractivity contribution in [2.24, 2.45) is 0 Å². The van der Waals surface area contributed by atoms with Gasteiger partial charge in [-0.1, -0.05) is 122 Å². The topological polar surface area (TPSA) is 0 Å². The van der Waals surface area contributed by atoms with Crippen LogP contribution in [-0.2, 0) is 21.7 Å². The van der Waals surface area contributed by atoms with E-state index in [1.165, 1.54) is 37.5 Å². The van der Waals surface area contributed by atoms with Crippen molar-refractivity contribution < 1.29 is 46.5 Å². The second-order valence-corrected chi connectivity index (χ2v) is 18.5. The SMILES string of the molecule is CC(C)(C)P(c1cc2ccccc2[cH-]1)C(C)(C)C.[Cl-].[Cl-].[Ti+4].c1ccc(P(c2ccccc2)c2cc3ccccc3[cH-]2)cc1. The fourth-order valence-corrected chi connectivity index (χ4v) is 12.4. The van der Waals surface area contributed by atoms with Crippen molar-refractivity contribution in [2.75, 3.05) is 0 Å². The van der Waals surface area contributed by atoms with Gasteiger partial charge in [-0.05, 0) is 28.8 Å². The Morgan fingerprint density at radius 1 is 0.465 bits per heavy atom. The summed E-state index contributed by atoms with van der Waals surface area (Å²) in [7, 11) is -0.677. The molecule has 0 amide bonds. The summed E-state index contributed by atoms with van der Waals surface area (Å²) < 4.78 is 0. The molecule has 0 N–H and O–H groups in total. The molecule has 0 aromatic heterocycles. The summed E-state index contributed by atoms with van der Waals surface area (Å²) in [5, 5.41) is 11.9. The first-order valence-electron chi connectivity index (χ1n) is 14.1. The van der Waals surface area contributed by atoms with Gasteiger partial charge in [-0.15, -0.1) is 80.7 Å². The minimum atomic E-state index is -0.493. The van der Waals surface area contributed by atoms with Gasteiger partial charge >= 0.3 is 21.7 Å². The number of halogens is 2. The first-order chi connectivity index (χ1) is 19.1. The van der Waals surface area contributed by atoms with Gasteiger partial charge in [0, 0.05) is 0 Å². The van der Waals surface area contributed by atoms with Crippen LogP contribution in [-0.4, -0.2) is 10.3 Å². The van der Waals surface area contributed by atoms with Gasteiger partial charge in [-0.3, -0.25) is 0 Å². The molecule has 0 spiro atoms. The van der Waals surface area contributed by atoms with Gasteiger partial charge in [0.15, 0.2) is 0 Å². The number of fused-ring (bicyclic) bond motifs is 2. The molecular weight excluding hydrogens is 637 g/mol. The van der Waals surface area contributed by atoms with Gasteiger partial charge in [0.2, 0.25) is 0 Å². The molecule has 0 fully saturated rings. The fraction of sp³-hybridized carbons (Fsp3) is 0.211. The molecule has 6 aromatic rings. The molecule has 5 heteroatoms. The Kier molecular flexibility index (Phi) is 13.9. The zero-order chi connectivity index (χ0) is 28.3. The summed E-state index contributed by atoms with van der Waals surface area (Å²) >= 11 is 0. The van der Waals surface area contributed by atoms with E-state index in [0.29, 0.717) is 10.3 Å². The molecular formula is C38H40Cl2P2Ti. The second kappa shape index (κ2) is 16.0. The molecule has 220 valence electrons. The Bertz CT molecular complexity index is 1560. The summed E-state index contributed by atoms with van der Waals surface area (Å²) in [6, 6.07) is 48.5. The smallest absolute Gasteiger partial charge is 1.00 e. The molecule has 0 aliphatic rings. The summed E-state index contributed by atoms with van der Waals surface area (Å²) in [5.41, 5.74) is 0. The van der Waals surface area contributed by atoms with Crippen molar-refractivity contribution in [3.8, 4) is 0 Å². The molecule has 0 atom stereocenters. The number of hydrogen-bond acceptors (Lipinski definition) is 0. The molecule has 43 heavy (non-hydrogen) atoms. The Hall–Kier alpha value is -1.75. The van der Waals surface area contributed by atoms with E-state index >= 15 is 0 Å². The van der Waals surface area contributed by atoms with Crippen molar-refractivity contribution in [3.63, 3.8) is 0 Å². The first-order valence-corrected chi connectivity index (χ1v) is 16.8. The van der Waals surface area contributed by atoms with E-state index in [4.69, 9.17) is 0 Å². The third kappa shape index (κ3) is 9.15. The van der Waals surface area contributed by atoms with Gasteiger partial charge in [0.25, 0.3) is 0 Å². The maximum atomic E-state index is 2.40. The minimum Gasteiger partial charge on any atom is -1.00 e. The Balaban J connectivity index is 0.000000286. The number of benzene rings is 4.